The van der Waals surface area contributed by atoms with Crippen LogP contribution in [0.4, 0.5) is 0 Å². The quantitative estimate of drug-likeness (QED) is 0.401. The van der Waals surface area contributed by atoms with E-state index in [9.17, 15) is 19.2 Å². The third kappa shape index (κ3) is 4.29. The Morgan fingerprint density at radius 3 is 2.57 bits per heavy atom. The molecule has 1 aliphatic rings. The molecule has 1 fully saturated rings. The monoisotopic (exact) mass is 480 g/mol. The van der Waals surface area contributed by atoms with Gasteiger partial charge >= 0.3 is 11.8 Å². The van der Waals surface area contributed by atoms with Crippen molar-refractivity contribution in [3.63, 3.8) is 0 Å². The summed E-state index contributed by atoms with van der Waals surface area (Å²) in [7, 11) is 1.69. The normalized spacial score (nSPS) is 14.2. The number of aromatic nitrogens is 4. The topological polar surface area (TPSA) is 130 Å². The maximum atomic E-state index is 13.2. The lowest BCUT2D eigenvalue weighted by Crippen LogP contribution is -2.55. The van der Waals surface area contributed by atoms with Gasteiger partial charge in [-0.1, -0.05) is 13.3 Å². The summed E-state index contributed by atoms with van der Waals surface area (Å²) in [4.78, 5) is 60.8. The molecule has 3 heterocycles. The highest BCUT2D eigenvalue weighted by atomic mass is 16.5. The molecule has 184 valence electrons. The number of carbonyl (C=O) groups excluding carboxylic acids is 3. The minimum Gasteiger partial charge on any atom is -0.493 e. The fourth-order valence-electron chi connectivity index (χ4n) is 4.23. The van der Waals surface area contributed by atoms with Crippen LogP contribution in [0.2, 0.25) is 0 Å². The summed E-state index contributed by atoms with van der Waals surface area (Å²) in [5.41, 5.74) is 1.77. The van der Waals surface area contributed by atoms with Crippen molar-refractivity contribution in [1.82, 2.24) is 29.5 Å². The van der Waals surface area contributed by atoms with Gasteiger partial charge in [0.25, 0.3) is 11.5 Å². The average molecular weight is 481 g/mol. The zero-order chi connectivity index (χ0) is 25.3. The summed E-state index contributed by atoms with van der Waals surface area (Å²) in [6.45, 7) is 6.76. The SMILES string of the molecule is CCCc1nn(C)c2c(=O)[nH]c(-c3cc(C(=O)N4CCN(CC)C(=O)C4=O)ccc3OCC)nc12. The predicted octanol–water partition coefficient (Wildman–Crippen LogP) is 1.51. The van der Waals surface area contributed by atoms with Gasteiger partial charge in [-0.25, -0.2) is 4.98 Å². The largest absolute Gasteiger partial charge is 0.493 e. The smallest absolute Gasteiger partial charge is 0.319 e. The van der Waals surface area contributed by atoms with E-state index in [4.69, 9.17) is 4.74 Å². The van der Waals surface area contributed by atoms with Gasteiger partial charge in [0.05, 0.1) is 17.9 Å². The molecule has 0 aliphatic carbocycles. The minimum absolute atomic E-state index is 0.108. The minimum atomic E-state index is -0.856. The number of benzene rings is 1. The molecular weight excluding hydrogens is 452 g/mol. The Balaban J connectivity index is 1.80. The zero-order valence-electron chi connectivity index (χ0n) is 20.3. The third-order valence-corrected chi connectivity index (χ3v) is 5.97. The molecule has 3 amide bonds. The molecule has 0 bridgehead atoms. The summed E-state index contributed by atoms with van der Waals surface area (Å²) < 4.78 is 7.25. The van der Waals surface area contributed by atoms with E-state index in [-0.39, 0.29) is 30.0 Å². The van der Waals surface area contributed by atoms with Crippen molar-refractivity contribution in [2.24, 2.45) is 7.05 Å². The Morgan fingerprint density at radius 2 is 1.89 bits per heavy atom. The maximum absolute atomic E-state index is 13.2. The molecule has 0 radical (unpaired) electrons. The van der Waals surface area contributed by atoms with Crippen LogP contribution >= 0.6 is 0 Å². The Labute approximate surface area is 201 Å². The molecule has 0 atom stereocenters. The van der Waals surface area contributed by atoms with Crippen molar-refractivity contribution in [3.8, 4) is 17.1 Å². The second kappa shape index (κ2) is 9.69. The first-order chi connectivity index (χ1) is 16.8. The number of hydrogen-bond donors (Lipinski definition) is 1. The van der Waals surface area contributed by atoms with Gasteiger partial charge < -0.3 is 14.6 Å². The van der Waals surface area contributed by atoms with E-state index in [0.717, 1.165) is 11.3 Å². The maximum Gasteiger partial charge on any atom is 0.319 e. The van der Waals surface area contributed by atoms with Crippen molar-refractivity contribution in [2.75, 3.05) is 26.2 Å². The van der Waals surface area contributed by atoms with E-state index < -0.39 is 17.7 Å². The van der Waals surface area contributed by atoms with Gasteiger partial charge in [-0.05, 0) is 38.5 Å². The molecule has 0 saturated carbocycles. The Kier molecular flexibility index (Phi) is 6.68. The number of nitrogens with one attached hydrogen (secondary N) is 1. The van der Waals surface area contributed by atoms with Crippen molar-refractivity contribution < 1.29 is 19.1 Å². The molecule has 0 spiro atoms. The van der Waals surface area contributed by atoms with E-state index in [0.29, 0.717) is 47.6 Å². The number of nitrogens with zero attached hydrogens (tertiary/aromatic N) is 5. The predicted molar refractivity (Wildman–Crippen MR) is 128 cm³/mol. The molecule has 11 nitrogen and oxygen atoms in total. The van der Waals surface area contributed by atoms with Gasteiger partial charge in [0, 0.05) is 32.2 Å². The van der Waals surface area contributed by atoms with Crippen LogP contribution in [-0.4, -0.2) is 73.5 Å². The first-order valence-corrected chi connectivity index (χ1v) is 11.7. The number of ether oxygens (including phenoxy) is 1. The number of aryl methyl sites for hydroxylation is 2. The second-order valence-electron chi connectivity index (χ2n) is 8.22. The number of hydrogen-bond acceptors (Lipinski definition) is 7. The van der Waals surface area contributed by atoms with E-state index in [2.05, 4.69) is 15.1 Å². The van der Waals surface area contributed by atoms with Crippen molar-refractivity contribution in [2.45, 2.75) is 33.6 Å². The third-order valence-electron chi connectivity index (χ3n) is 5.97. The van der Waals surface area contributed by atoms with Crippen LogP contribution < -0.4 is 10.3 Å². The fraction of sp³-hybridized carbons (Fsp3) is 0.417. The number of aromatic amines is 1. The van der Waals surface area contributed by atoms with Crippen molar-refractivity contribution in [1.29, 1.82) is 0 Å². The molecule has 1 N–H and O–H groups in total. The van der Waals surface area contributed by atoms with Crippen LogP contribution in [0, 0.1) is 0 Å². The molecule has 2 aromatic heterocycles. The second-order valence-corrected chi connectivity index (χ2v) is 8.22. The van der Waals surface area contributed by atoms with E-state index in [1.54, 1.807) is 20.0 Å². The first-order valence-electron chi connectivity index (χ1n) is 11.7. The van der Waals surface area contributed by atoms with Crippen LogP contribution in [-0.2, 0) is 23.1 Å². The van der Waals surface area contributed by atoms with Crippen LogP contribution in [0.1, 0.15) is 43.2 Å². The highest BCUT2D eigenvalue weighted by molar-refractivity contribution is 6.38. The number of likely N-dealkylation sites (N-methyl/N-ethyl adjacent to an activating group) is 1. The highest BCUT2D eigenvalue weighted by Gasteiger charge is 2.36. The first kappa shape index (κ1) is 24.1. The Bertz CT molecular complexity index is 1370. The molecule has 11 heteroatoms. The van der Waals surface area contributed by atoms with E-state index in [1.807, 2.05) is 13.8 Å². The van der Waals surface area contributed by atoms with Gasteiger partial charge in [0.15, 0.2) is 5.52 Å². The summed E-state index contributed by atoms with van der Waals surface area (Å²) in [5, 5.41) is 4.44. The van der Waals surface area contributed by atoms with Crippen molar-refractivity contribution in [3.05, 3.63) is 39.8 Å². The number of amides is 3. The molecule has 1 aromatic carbocycles. The van der Waals surface area contributed by atoms with Gasteiger partial charge in [-0.15, -0.1) is 0 Å². The Morgan fingerprint density at radius 1 is 1.11 bits per heavy atom. The Hall–Kier alpha value is -4.02. The van der Waals surface area contributed by atoms with Crippen LogP contribution in [0.25, 0.3) is 22.4 Å². The molecule has 1 aliphatic heterocycles. The number of carbonyl (C=O) groups is 3. The lowest BCUT2D eigenvalue weighted by molar-refractivity contribution is -0.153. The lowest BCUT2D eigenvalue weighted by Gasteiger charge is -2.31. The van der Waals surface area contributed by atoms with Gasteiger partial charge in [-0.3, -0.25) is 28.8 Å². The number of H-pyrrole nitrogens is 1. The summed E-state index contributed by atoms with van der Waals surface area (Å²) in [6, 6.07) is 4.66. The van der Waals surface area contributed by atoms with Gasteiger partial charge in [0.2, 0.25) is 0 Å². The van der Waals surface area contributed by atoms with Crippen LogP contribution in [0.3, 0.4) is 0 Å². The highest BCUT2D eigenvalue weighted by Crippen LogP contribution is 2.30. The summed E-state index contributed by atoms with van der Waals surface area (Å²) in [6.07, 6.45) is 1.49. The molecular formula is C24H28N6O5. The van der Waals surface area contributed by atoms with Crippen LogP contribution in [0.5, 0.6) is 5.75 Å². The number of rotatable bonds is 7. The summed E-state index contributed by atoms with van der Waals surface area (Å²) >= 11 is 0. The van der Waals surface area contributed by atoms with Gasteiger partial charge in [0.1, 0.15) is 17.1 Å². The van der Waals surface area contributed by atoms with Crippen LogP contribution in [0.15, 0.2) is 23.0 Å². The molecule has 35 heavy (non-hydrogen) atoms. The average Bonchev–Trinajstić information content (AvgIpc) is 3.16. The molecule has 1 saturated heterocycles. The van der Waals surface area contributed by atoms with E-state index >= 15 is 0 Å². The standard InChI is InChI=1S/C24H28N6O5/c1-5-8-16-18-19(28(4)27-16)21(31)26-20(25-18)15-13-14(9-10-17(15)35-7-3)22(32)30-12-11-29(6-2)23(33)24(30)34/h9-10,13H,5-8,11-12H2,1-4H3,(H,25,26,31). The van der Waals surface area contributed by atoms with Gasteiger partial charge in [-0.2, -0.15) is 5.10 Å². The molecule has 4 rings (SSSR count). The zero-order valence-corrected chi connectivity index (χ0v) is 20.3. The van der Waals surface area contributed by atoms with E-state index in [1.165, 1.54) is 21.7 Å². The lowest BCUT2D eigenvalue weighted by atomic mass is 10.1. The molecule has 3 aromatic rings. The molecule has 0 unspecified atom stereocenters. The fourth-order valence-corrected chi connectivity index (χ4v) is 4.23. The van der Waals surface area contributed by atoms with Crippen molar-refractivity contribution >= 4 is 28.8 Å². The number of piperazine rings is 1. The number of fused-ring (bicyclic) bond motifs is 1. The summed E-state index contributed by atoms with van der Waals surface area (Å²) in [5.74, 6) is -1.50. The number of imide groups is 1.